The lowest BCUT2D eigenvalue weighted by Crippen LogP contribution is -2.07. The van der Waals surface area contributed by atoms with Crippen LogP contribution in [0.3, 0.4) is 0 Å². The second-order valence-electron chi connectivity index (χ2n) is 2.97. The Balaban J connectivity index is 0. The van der Waals surface area contributed by atoms with E-state index in [1.54, 1.807) is 0 Å². The fraction of sp³-hybridized carbons (Fsp3) is 0.600. The van der Waals surface area contributed by atoms with E-state index < -0.39 is 0 Å². The molecule has 84 valence electrons. The Morgan fingerprint density at radius 2 is 1.21 bits per heavy atom. The predicted molar refractivity (Wildman–Crippen MR) is 73.2 cm³/mol. The van der Waals surface area contributed by atoms with Crippen LogP contribution in [-0.4, -0.2) is 27.2 Å². The first-order valence-electron chi connectivity index (χ1n) is 4.43. The van der Waals surface area contributed by atoms with Gasteiger partial charge in [0.05, 0.1) is 0 Å². The van der Waals surface area contributed by atoms with Crippen molar-refractivity contribution in [3.63, 3.8) is 0 Å². The molecule has 0 saturated carbocycles. The number of hydrogen-bond acceptors (Lipinski definition) is 2. The van der Waals surface area contributed by atoms with E-state index in [0.717, 1.165) is 13.1 Å². The highest BCUT2D eigenvalue weighted by molar-refractivity contribution is 9.11. The Hall–Kier alpha value is 0.360. The SMILES string of the molecule is CNCC(C)=CBr.CNCC(C)=CBr. The van der Waals surface area contributed by atoms with E-state index in [1.807, 2.05) is 24.1 Å². The van der Waals surface area contributed by atoms with Crippen LogP contribution in [0.15, 0.2) is 21.1 Å². The van der Waals surface area contributed by atoms with Crippen molar-refractivity contribution in [3.05, 3.63) is 21.1 Å². The molecular weight excluding hydrogens is 308 g/mol. The Kier molecular flexibility index (Phi) is 16.0. The zero-order chi connectivity index (χ0) is 11.4. The molecule has 0 aromatic heterocycles. The third-order valence-corrected chi connectivity index (χ3v) is 2.85. The molecule has 0 aliphatic heterocycles. The van der Waals surface area contributed by atoms with Crippen molar-refractivity contribution in [1.82, 2.24) is 10.6 Å². The lowest BCUT2D eigenvalue weighted by molar-refractivity contribution is 0.882. The van der Waals surface area contributed by atoms with Crippen molar-refractivity contribution in [2.75, 3.05) is 27.2 Å². The molecule has 0 atom stereocenters. The largest absolute Gasteiger partial charge is 0.316 e. The molecule has 0 fully saturated rings. The zero-order valence-corrected chi connectivity index (χ0v) is 12.5. The Bertz CT molecular complexity index is 157. The van der Waals surface area contributed by atoms with Crippen LogP contribution in [0.4, 0.5) is 0 Å². The molecule has 0 radical (unpaired) electrons. The summed E-state index contributed by atoms with van der Waals surface area (Å²) in [5.41, 5.74) is 2.62. The Morgan fingerprint density at radius 3 is 1.29 bits per heavy atom. The first-order valence-corrected chi connectivity index (χ1v) is 6.26. The van der Waals surface area contributed by atoms with Crippen LogP contribution in [0.1, 0.15) is 13.8 Å². The molecule has 0 spiro atoms. The molecule has 2 N–H and O–H groups in total. The van der Waals surface area contributed by atoms with Gasteiger partial charge in [0, 0.05) is 13.1 Å². The van der Waals surface area contributed by atoms with Crippen LogP contribution in [0, 0.1) is 0 Å². The van der Waals surface area contributed by atoms with Gasteiger partial charge in [0.1, 0.15) is 0 Å². The van der Waals surface area contributed by atoms with Gasteiger partial charge >= 0.3 is 0 Å². The number of rotatable bonds is 4. The van der Waals surface area contributed by atoms with Gasteiger partial charge in [-0.15, -0.1) is 0 Å². The van der Waals surface area contributed by atoms with Gasteiger partial charge in [-0.3, -0.25) is 0 Å². The molecule has 0 heterocycles. The molecule has 0 bridgehead atoms. The van der Waals surface area contributed by atoms with Gasteiger partial charge in [-0.2, -0.15) is 0 Å². The Labute approximate surface area is 104 Å². The van der Waals surface area contributed by atoms with Crippen molar-refractivity contribution >= 4 is 31.9 Å². The minimum absolute atomic E-state index is 0.964. The fourth-order valence-corrected chi connectivity index (χ4v) is 0.959. The van der Waals surface area contributed by atoms with E-state index in [2.05, 4.69) is 56.3 Å². The summed E-state index contributed by atoms with van der Waals surface area (Å²) in [6, 6.07) is 0. The first kappa shape index (κ1) is 16.8. The number of nitrogens with one attached hydrogen (secondary N) is 2. The maximum atomic E-state index is 3.21. The molecule has 0 saturated heterocycles. The van der Waals surface area contributed by atoms with Gasteiger partial charge in [0.2, 0.25) is 0 Å². The highest BCUT2D eigenvalue weighted by Crippen LogP contribution is 1.93. The van der Waals surface area contributed by atoms with Crippen LogP contribution >= 0.6 is 31.9 Å². The highest BCUT2D eigenvalue weighted by Gasteiger charge is 1.79. The summed E-state index contributed by atoms with van der Waals surface area (Å²) in [6.07, 6.45) is 0. The maximum absolute atomic E-state index is 3.21. The molecular formula is C10H20Br2N2. The van der Waals surface area contributed by atoms with Crippen LogP contribution < -0.4 is 10.6 Å². The minimum Gasteiger partial charge on any atom is -0.316 e. The van der Waals surface area contributed by atoms with Gasteiger partial charge in [-0.05, 0) is 37.9 Å². The number of hydrogen-bond donors (Lipinski definition) is 2. The van der Waals surface area contributed by atoms with Gasteiger partial charge in [0.25, 0.3) is 0 Å². The van der Waals surface area contributed by atoms with Crippen molar-refractivity contribution in [3.8, 4) is 0 Å². The van der Waals surface area contributed by atoms with Gasteiger partial charge in [-0.1, -0.05) is 43.0 Å². The van der Waals surface area contributed by atoms with Crippen LogP contribution in [0.5, 0.6) is 0 Å². The van der Waals surface area contributed by atoms with Crippen molar-refractivity contribution < 1.29 is 0 Å². The van der Waals surface area contributed by atoms with Gasteiger partial charge < -0.3 is 10.6 Å². The van der Waals surface area contributed by atoms with Crippen molar-refractivity contribution in [1.29, 1.82) is 0 Å². The quantitative estimate of drug-likeness (QED) is 0.829. The van der Waals surface area contributed by atoms with Crippen molar-refractivity contribution in [2.45, 2.75) is 13.8 Å². The average molecular weight is 328 g/mol. The third kappa shape index (κ3) is 14.9. The molecule has 0 rings (SSSR count). The molecule has 0 aromatic rings. The molecule has 0 aliphatic rings. The second-order valence-corrected chi connectivity index (χ2v) is 3.89. The van der Waals surface area contributed by atoms with Gasteiger partial charge in [-0.25, -0.2) is 0 Å². The molecule has 2 nitrogen and oxygen atoms in total. The summed E-state index contributed by atoms with van der Waals surface area (Å²) in [5.74, 6) is 0. The lowest BCUT2D eigenvalue weighted by Gasteiger charge is -1.93. The summed E-state index contributed by atoms with van der Waals surface area (Å²) < 4.78 is 0. The van der Waals surface area contributed by atoms with E-state index in [9.17, 15) is 0 Å². The number of halogens is 2. The molecule has 0 unspecified atom stereocenters. The van der Waals surface area contributed by atoms with E-state index in [-0.39, 0.29) is 0 Å². The lowest BCUT2D eigenvalue weighted by atomic mass is 10.4. The normalized spacial score (nSPS) is 12.1. The second kappa shape index (κ2) is 13.4. The van der Waals surface area contributed by atoms with Crippen LogP contribution in [0.25, 0.3) is 0 Å². The van der Waals surface area contributed by atoms with E-state index in [4.69, 9.17) is 0 Å². The molecule has 0 aromatic carbocycles. The van der Waals surface area contributed by atoms with E-state index >= 15 is 0 Å². The predicted octanol–water partition coefficient (Wildman–Crippen LogP) is 3.01. The molecule has 0 amide bonds. The van der Waals surface area contributed by atoms with Crippen LogP contribution in [0.2, 0.25) is 0 Å². The molecule has 4 heteroatoms. The molecule has 14 heavy (non-hydrogen) atoms. The topological polar surface area (TPSA) is 24.1 Å². The fourth-order valence-electron chi connectivity index (χ4n) is 0.635. The van der Waals surface area contributed by atoms with Gasteiger partial charge in [0.15, 0.2) is 0 Å². The maximum Gasteiger partial charge on any atom is 0.0167 e. The first-order chi connectivity index (χ1) is 6.62. The summed E-state index contributed by atoms with van der Waals surface area (Å²) in [4.78, 5) is 3.84. The highest BCUT2D eigenvalue weighted by atomic mass is 79.9. The van der Waals surface area contributed by atoms with E-state index in [0.29, 0.717) is 0 Å². The summed E-state index contributed by atoms with van der Waals surface area (Å²) in [7, 11) is 3.86. The summed E-state index contributed by atoms with van der Waals surface area (Å²) in [6.45, 7) is 6.05. The summed E-state index contributed by atoms with van der Waals surface area (Å²) >= 11 is 6.43. The minimum atomic E-state index is 0.964. The standard InChI is InChI=1S/2C5H10BrN/c2*1-5(3-6)4-7-2/h2*3,7H,4H2,1-2H3. The Morgan fingerprint density at radius 1 is 0.929 bits per heavy atom. The average Bonchev–Trinajstić information content (AvgIpc) is 2.19. The monoisotopic (exact) mass is 326 g/mol. The number of likely N-dealkylation sites (N-methyl/N-ethyl adjacent to an activating group) is 2. The van der Waals surface area contributed by atoms with Crippen LogP contribution in [-0.2, 0) is 0 Å². The third-order valence-electron chi connectivity index (χ3n) is 1.28. The smallest absolute Gasteiger partial charge is 0.0167 e. The van der Waals surface area contributed by atoms with E-state index in [1.165, 1.54) is 11.1 Å². The van der Waals surface area contributed by atoms with Crippen molar-refractivity contribution in [2.24, 2.45) is 0 Å². The zero-order valence-electron chi connectivity index (χ0n) is 9.32. The summed E-state index contributed by atoms with van der Waals surface area (Å²) in [5, 5.41) is 6.04. The molecule has 0 aliphatic carbocycles.